The fourth-order valence-corrected chi connectivity index (χ4v) is 3.15. The van der Waals surface area contributed by atoms with E-state index in [0.29, 0.717) is 0 Å². The molecule has 0 saturated carbocycles. The highest BCUT2D eigenvalue weighted by Gasteiger charge is 2.09. The van der Waals surface area contributed by atoms with Crippen molar-refractivity contribution in [3.63, 3.8) is 0 Å². The Morgan fingerprint density at radius 1 is 0.905 bits per heavy atom. The fourth-order valence-electron chi connectivity index (χ4n) is 3.15. The van der Waals surface area contributed by atoms with E-state index in [1.54, 1.807) is 0 Å². The third-order valence-electron chi connectivity index (χ3n) is 4.40. The molecule has 1 rings (SSSR count). The lowest BCUT2D eigenvalue weighted by Gasteiger charge is -2.17. The summed E-state index contributed by atoms with van der Waals surface area (Å²) in [7, 11) is 0. The normalized spacial score (nSPS) is 14.0. The van der Waals surface area contributed by atoms with Gasteiger partial charge >= 0.3 is 0 Å². The summed E-state index contributed by atoms with van der Waals surface area (Å²) in [6.07, 6.45) is 14.7. The van der Waals surface area contributed by atoms with Crippen LogP contribution in [0.5, 0.6) is 0 Å². The lowest BCUT2D eigenvalue weighted by atomic mass is 9.89. The van der Waals surface area contributed by atoms with E-state index in [1.165, 1.54) is 56.9 Å². The molecule has 21 heavy (non-hydrogen) atoms. The smallest absolute Gasteiger partial charge is 0.0248 e. The third-order valence-corrected chi connectivity index (χ3v) is 4.40. The Balaban J connectivity index is 2.03. The van der Waals surface area contributed by atoms with E-state index in [2.05, 4.69) is 57.5 Å². The minimum atomic E-state index is 0.833. The molecule has 1 radical (unpaired) electrons. The van der Waals surface area contributed by atoms with Crippen LogP contribution >= 0.6 is 0 Å². The Bertz CT molecular complexity index is 327. The minimum absolute atomic E-state index is 0.833. The van der Waals surface area contributed by atoms with Gasteiger partial charge in [0.2, 0.25) is 0 Å². The maximum Gasteiger partial charge on any atom is -0.0248 e. The first-order valence-electron chi connectivity index (χ1n) is 9.08. The molecule has 119 valence electrons. The molecule has 2 atom stereocenters. The van der Waals surface area contributed by atoms with Crippen LogP contribution in [0.3, 0.4) is 0 Å². The van der Waals surface area contributed by atoms with E-state index in [9.17, 15) is 0 Å². The van der Waals surface area contributed by atoms with Gasteiger partial charge in [0.15, 0.2) is 0 Å². The van der Waals surface area contributed by atoms with Crippen LogP contribution in [-0.2, 0) is 6.42 Å². The first kappa shape index (κ1) is 18.3. The van der Waals surface area contributed by atoms with Crippen molar-refractivity contribution in [1.29, 1.82) is 0 Å². The molecule has 0 aliphatic carbocycles. The Morgan fingerprint density at radius 2 is 1.62 bits per heavy atom. The Hall–Kier alpha value is -0.780. The number of hydrogen-bond donors (Lipinski definition) is 0. The minimum Gasteiger partial charge on any atom is -0.0654 e. The van der Waals surface area contributed by atoms with Crippen LogP contribution in [0.2, 0.25) is 0 Å². The van der Waals surface area contributed by atoms with Crippen molar-refractivity contribution >= 4 is 0 Å². The van der Waals surface area contributed by atoms with E-state index in [1.807, 2.05) is 0 Å². The van der Waals surface area contributed by atoms with Crippen molar-refractivity contribution in [3.05, 3.63) is 42.3 Å². The van der Waals surface area contributed by atoms with Gasteiger partial charge in [-0.25, -0.2) is 0 Å². The Labute approximate surface area is 133 Å². The molecule has 0 fully saturated rings. The largest absolute Gasteiger partial charge is 0.0654 e. The highest BCUT2D eigenvalue weighted by atomic mass is 14.1. The summed E-state index contributed by atoms with van der Waals surface area (Å²) in [5.74, 6) is 1.73. The van der Waals surface area contributed by atoms with Crippen LogP contribution in [-0.4, -0.2) is 0 Å². The number of benzene rings is 1. The molecule has 0 N–H and O–H groups in total. The molecule has 0 heteroatoms. The summed E-state index contributed by atoms with van der Waals surface area (Å²) in [6.45, 7) is 7.14. The van der Waals surface area contributed by atoms with Crippen molar-refractivity contribution in [2.24, 2.45) is 11.8 Å². The van der Waals surface area contributed by atoms with E-state index in [-0.39, 0.29) is 0 Å². The second-order valence-electron chi connectivity index (χ2n) is 6.86. The maximum atomic E-state index is 2.47. The number of unbranched alkanes of at least 4 members (excludes halogenated alkanes) is 4. The standard InChI is InChI=1S/C21H35/c1-4-5-6-7-9-13-19(2)18-20(3)14-12-17-21-15-10-8-11-16-21/h8,10-12,15-16,19-20H,4-7,9,13-14,17-18H2,1-3H3. The highest BCUT2D eigenvalue weighted by Crippen LogP contribution is 2.22. The van der Waals surface area contributed by atoms with E-state index < -0.39 is 0 Å². The fraction of sp³-hybridized carbons (Fsp3) is 0.667. The summed E-state index contributed by atoms with van der Waals surface area (Å²) in [4.78, 5) is 0. The molecule has 0 amide bonds. The Morgan fingerprint density at radius 3 is 2.33 bits per heavy atom. The molecule has 1 aromatic carbocycles. The Kier molecular flexibility index (Phi) is 10.3. The first-order chi connectivity index (χ1) is 10.2. The molecule has 1 aromatic rings. The van der Waals surface area contributed by atoms with Gasteiger partial charge < -0.3 is 0 Å². The summed E-state index contributed by atoms with van der Waals surface area (Å²) in [5, 5.41) is 0. The van der Waals surface area contributed by atoms with Crippen LogP contribution in [0.4, 0.5) is 0 Å². The number of rotatable bonds is 12. The molecule has 0 nitrogen and oxygen atoms in total. The van der Waals surface area contributed by atoms with E-state index in [4.69, 9.17) is 0 Å². The van der Waals surface area contributed by atoms with Crippen molar-refractivity contribution in [1.82, 2.24) is 0 Å². The zero-order chi connectivity index (χ0) is 15.3. The maximum absolute atomic E-state index is 2.47. The van der Waals surface area contributed by atoms with Crippen molar-refractivity contribution in [2.45, 2.75) is 78.6 Å². The molecule has 0 heterocycles. The van der Waals surface area contributed by atoms with Crippen LogP contribution in [0.25, 0.3) is 0 Å². The summed E-state index contributed by atoms with van der Waals surface area (Å²) in [6, 6.07) is 10.8. The zero-order valence-corrected chi connectivity index (χ0v) is 14.5. The summed E-state index contributed by atoms with van der Waals surface area (Å²) >= 11 is 0. The predicted molar refractivity (Wildman–Crippen MR) is 95.4 cm³/mol. The molecular weight excluding hydrogens is 252 g/mol. The number of hydrogen-bond acceptors (Lipinski definition) is 0. The molecular formula is C21H35. The average molecular weight is 288 g/mol. The van der Waals surface area contributed by atoms with Gasteiger partial charge in [-0.05, 0) is 43.1 Å². The van der Waals surface area contributed by atoms with Crippen LogP contribution < -0.4 is 0 Å². The summed E-state index contributed by atoms with van der Waals surface area (Å²) in [5.41, 5.74) is 1.44. The summed E-state index contributed by atoms with van der Waals surface area (Å²) < 4.78 is 0. The molecule has 2 unspecified atom stereocenters. The highest BCUT2D eigenvalue weighted by molar-refractivity contribution is 5.16. The van der Waals surface area contributed by atoms with Gasteiger partial charge in [-0.2, -0.15) is 0 Å². The lowest BCUT2D eigenvalue weighted by molar-refractivity contribution is 0.376. The predicted octanol–water partition coefficient (Wildman–Crippen LogP) is 6.85. The quantitative estimate of drug-likeness (QED) is 0.369. The molecule has 0 bridgehead atoms. The van der Waals surface area contributed by atoms with Gasteiger partial charge in [0, 0.05) is 0 Å². The van der Waals surface area contributed by atoms with E-state index in [0.717, 1.165) is 18.3 Å². The second kappa shape index (κ2) is 11.8. The average Bonchev–Trinajstić information content (AvgIpc) is 2.48. The second-order valence-corrected chi connectivity index (χ2v) is 6.86. The van der Waals surface area contributed by atoms with E-state index >= 15 is 0 Å². The van der Waals surface area contributed by atoms with Gasteiger partial charge in [0.1, 0.15) is 0 Å². The topological polar surface area (TPSA) is 0 Å². The molecule has 0 saturated heterocycles. The van der Waals surface area contributed by atoms with Crippen LogP contribution in [0.15, 0.2) is 30.3 Å². The molecule has 0 aromatic heterocycles. The molecule has 0 aliphatic heterocycles. The SMILES string of the molecule is CCCCCCCC(C)CC(C)C[CH]Cc1ccccc1. The van der Waals surface area contributed by atoms with Gasteiger partial charge in [0.05, 0.1) is 0 Å². The van der Waals surface area contributed by atoms with Gasteiger partial charge in [-0.15, -0.1) is 0 Å². The monoisotopic (exact) mass is 287 g/mol. The molecule has 0 spiro atoms. The van der Waals surface area contributed by atoms with Crippen molar-refractivity contribution < 1.29 is 0 Å². The van der Waals surface area contributed by atoms with Gasteiger partial charge in [-0.3, -0.25) is 0 Å². The third kappa shape index (κ3) is 9.72. The zero-order valence-electron chi connectivity index (χ0n) is 14.5. The lowest BCUT2D eigenvalue weighted by Crippen LogP contribution is -2.04. The van der Waals surface area contributed by atoms with Gasteiger partial charge in [0.25, 0.3) is 0 Å². The van der Waals surface area contributed by atoms with Gasteiger partial charge in [-0.1, -0.05) is 89.6 Å². The first-order valence-corrected chi connectivity index (χ1v) is 9.08. The van der Waals surface area contributed by atoms with Crippen molar-refractivity contribution in [2.75, 3.05) is 0 Å². The van der Waals surface area contributed by atoms with Crippen molar-refractivity contribution in [3.8, 4) is 0 Å². The van der Waals surface area contributed by atoms with Crippen LogP contribution in [0.1, 0.15) is 77.7 Å². The van der Waals surface area contributed by atoms with Crippen LogP contribution in [0, 0.1) is 18.3 Å². The molecule has 0 aliphatic rings.